The molecule has 2 N–H and O–H groups in total. The minimum absolute atomic E-state index is 0.0455. The maximum Gasteiger partial charge on any atom is 0.260 e. The van der Waals surface area contributed by atoms with Gasteiger partial charge in [0.15, 0.2) is 29.1 Å². The van der Waals surface area contributed by atoms with Crippen LogP contribution in [-0.2, 0) is 0 Å². The van der Waals surface area contributed by atoms with Gasteiger partial charge in [-0.25, -0.2) is 17.6 Å². The molecule has 0 aliphatic rings. The van der Waals surface area contributed by atoms with Crippen molar-refractivity contribution >= 4 is 22.6 Å². The SMILES string of the molecule is O=C(Nc1n[nH]c2cc(-c3ccccc3)ccc12)c1cc(F)c(F)c(F)c1F. The number of amides is 1. The highest BCUT2D eigenvalue weighted by molar-refractivity contribution is 6.08. The predicted octanol–water partition coefficient (Wildman–Crippen LogP) is 5.04. The first-order valence-electron chi connectivity index (χ1n) is 8.13. The number of carbonyl (C=O) groups is 1. The molecule has 0 radical (unpaired) electrons. The Kier molecular flexibility index (Phi) is 4.31. The fraction of sp³-hybridized carbons (Fsp3) is 0. The molecule has 0 bridgehead atoms. The number of anilines is 1. The van der Waals surface area contributed by atoms with Crippen LogP contribution in [0.1, 0.15) is 10.4 Å². The van der Waals surface area contributed by atoms with Crippen molar-refractivity contribution in [3.63, 3.8) is 0 Å². The molecule has 0 spiro atoms. The molecule has 28 heavy (non-hydrogen) atoms. The normalized spacial score (nSPS) is 11.0. The summed E-state index contributed by atoms with van der Waals surface area (Å²) in [7, 11) is 0. The van der Waals surface area contributed by atoms with E-state index in [1.165, 1.54) is 0 Å². The van der Waals surface area contributed by atoms with Crippen molar-refractivity contribution in [3.8, 4) is 11.1 Å². The van der Waals surface area contributed by atoms with Crippen molar-refractivity contribution in [2.75, 3.05) is 5.32 Å². The number of aromatic amines is 1. The van der Waals surface area contributed by atoms with E-state index in [2.05, 4.69) is 15.5 Å². The number of fused-ring (bicyclic) bond motifs is 1. The molecular formula is C20H11F4N3O. The zero-order valence-electron chi connectivity index (χ0n) is 14.1. The number of hydrogen-bond donors (Lipinski definition) is 2. The van der Waals surface area contributed by atoms with Crippen molar-refractivity contribution in [1.82, 2.24) is 10.2 Å². The molecule has 0 saturated heterocycles. The molecule has 0 aliphatic heterocycles. The first-order valence-corrected chi connectivity index (χ1v) is 8.13. The van der Waals surface area contributed by atoms with Crippen molar-refractivity contribution in [3.05, 3.63) is 83.4 Å². The molecule has 1 heterocycles. The molecule has 0 fully saturated rings. The average molecular weight is 385 g/mol. The molecule has 3 aromatic carbocycles. The van der Waals surface area contributed by atoms with Gasteiger partial charge in [0.2, 0.25) is 0 Å². The van der Waals surface area contributed by atoms with E-state index in [0.717, 1.165) is 11.1 Å². The Morgan fingerprint density at radius 1 is 0.857 bits per heavy atom. The zero-order chi connectivity index (χ0) is 19.8. The summed E-state index contributed by atoms with van der Waals surface area (Å²) in [6.45, 7) is 0. The summed E-state index contributed by atoms with van der Waals surface area (Å²) in [4.78, 5) is 12.2. The third kappa shape index (κ3) is 2.98. The summed E-state index contributed by atoms with van der Waals surface area (Å²) >= 11 is 0. The lowest BCUT2D eigenvalue weighted by Gasteiger charge is -2.06. The van der Waals surface area contributed by atoms with Crippen LogP contribution in [0.5, 0.6) is 0 Å². The third-order valence-electron chi connectivity index (χ3n) is 4.25. The van der Waals surface area contributed by atoms with Crippen LogP contribution in [0.3, 0.4) is 0 Å². The van der Waals surface area contributed by atoms with E-state index in [1.807, 2.05) is 36.4 Å². The molecule has 8 heteroatoms. The highest BCUT2D eigenvalue weighted by Gasteiger charge is 2.24. The van der Waals surface area contributed by atoms with Gasteiger partial charge in [0, 0.05) is 5.39 Å². The van der Waals surface area contributed by atoms with Gasteiger partial charge < -0.3 is 5.32 Å². The maximum atomic E-state index is 13.8. The number of carbonyl (C=O) groups excluding carboxylic acids is 1. The van der Waals surface area contributed by atoms with Crippen molar-refractivity contribution < 1.29 is 22.4 Å². The van der Waals surface area contributed by atoms with Crippen LogP contribution >= 0.6 is 0 Å². The van der Waals surface area contributed by atoms with E-state index in [4.69, 9.17) is 0 Å². The van der Waals surface area contributed by atoms with Crippen LogP contribution < -0.4 is 5.32 Å². The van der Waals surface area contributed by atoms with Gasteiger partial charge in [-0.2, -0.15) is 5.10 Å². The summed E-state index contributed by atoms with van der Waals surface area (Å²) in [6, 6.07) is 15.2. The molecule has 0 saturated carbocycles. The monoisotopic (exact) mass is 385 g/mol. The Hall–Kier alpha value is -3.68. The number of halogens is 4. The second-order valence-corrected chi connectivity index (χ2v) is 6.00. The lowest BCUT2D eigenvalue weighted by Crippen LogP contribution is -2.16. The summed E-state index contributed by atoms with van der Waals surface area (Å²) in [5.41, 5.74) is 1.51. The molecule has 4 aromatic rings. The van der Waals surface area contributed by atoms with Gasteiger partial charge in [0.25, 0.3) is 5.91 Å². The van der Waals surface area contributed by atoms with Crippen molar-refractivity contribution in [2.45, 2.75) is 0 Å². The predicted molar refractivity (Wildman–Crippen MR) is 95.8 cm³/mol. The Morgan fingerprint density at radius 2 is 1.61 bits per heavy atom. The van der Waals surface area contributed by atoms with Crippen LogP contribution in [0.4, 0.5) is 23.4 Å². The second-order valence-electron chi connectivity index (χ2n) is 6.00. The van der Waals surface area contributed by atoms with E-state index < -0.39 is 34.7 Å². The number of aromatic nitrogens is 2. The van der Waals surface area contributed by atoms with E-state index in [0.29, 0.717) is 17.0 Å². The smallest absolute Gasteiger partial charge is 0.260 e. The minimum Gasteiger partial charge on any atom is -0.304 e. The number of nitrogens with zero attached hydrogens (tertiary/aromatic N) is 1. The number of rotatable bonds is 3. The highest BCUT2D eigenvalue weighted by Crippen LogP contribution is 2.27. The molecule has 140 valence electrons. The Labute approximate surface area is 155 Å². The molecular weight excluding hydrogens is 374 g/mol. The van der Waals surface area contributed by atoms with E-state index in [1.54, 1.807) is 12.1 Å². The quantitative estimate of drug-likeness (QED) is 0.295. The van der Waals surface area contributed by atoms with E-state index >= 15 is 0 Å². The van der Waals surface area contributed by atoms with Gasteiger partial charge in [0.05, 0.1) is 11.1 Å². The van der Waals surface area contributed by atoms with Gasteiger partial charge in [0.1, 0.15) is 0 Å². The van der Waals surface area contributed by atoms with Crippen LogP contribution in [0.2, 0.25) is 0 Å². The van der Waals surface area contributed by atoms with Crippen molar-refractivity contribution in [1.29, 1.82) is 0 Å². The topological polar surface area (TPSA) is 57.8 Å². The molecule has 4 rings (SSSR count). The fourth-order valence-electron chi connectivity index (χ4n) is 2.84. The lowest BCUT2D eigenvalue weighted by atomic mass is 10.0. The van der Waals surface area contributed by atoms with Crippen LogP contribution in [0, 0.1) is 23.3 Å². The molecule has 1 aromatic heterocycles. The van der Waals surface area contributed by atoms with E-state index in [9.17, 15) is 22.4 Å². The standard InChI is InChI=1S/C20H11F4N3O/c21-14-9-13(16(22)18(24)17(14)23)20(28)25-19-12-7-6-11(8-15(12)26-27-19)10-4-2-1-3-5-10/h1-9H,(H2,25,26,27,28). The number of hydrogen-bond acceptors (Lipinski definition) is 2. The Balaban J connectivity index is 1.67. The Bertz CT molecular complexity index is 1210. The lowest BCUT2D eigenvalue weighted by molar-refractivity contribution is 0.102. The first kappa shape index (κ1) is 17.7. The van der Waals surface area contributed by atoms with Crippen LogP contribution in [0.15, 0.2) is 54.6 Å². The van der Waals surface area contributed by atoms with Gasteiger partial charge in [-0.1, -0.05) is 36.4 Å². The number of nitrogens with one attached hydrogen (secondary N) is 2. The summed E-state index contributed by atoms with van der Waals surface area (Å²) in [5, 5.41) is 9.47. The van der Waals surface area contributed by atoms with Crippen LogP contribution in [-0.4, -0.2) is 16.1 Å². The molecule has 0 aliphatic carbocycles. The van der Waals surface area contributed by atoms with Gasteiger partial charge in [-0.3, -0.25) is 9.89 Å². The van der Waals surface area contributed by atoms with Gasteiger partial charge in [-0.05, 0) is 29.3 Å². The zero-order valence-corrected chi connectivity index (χ0v) is 14.1. The number of H-pyrrole nitrogens is 1. The maximum absolute atomic E-state index is 13.8. The third-order valence-corrected chi connectivity index (χ3v) is 4.25. The summed E-state index contributed by atoms with van der Waals surface area (Å²) in [5.74, 6) is -8.58. The first-order chi connectivity index (χ1) is 13.5. The molecule has 4 nitrogen and oxygen atoms in total. The van der Waals surface area contributed by atoms with Crippen LogP contribution in [0.25, 0.3) is 22.0 Å². The average Bonchev–Trinajstić information content (AvgIpc) is 3.11. The van der Waals surface area contributed by atoms with Gasteiger partial charge >= 0.3 is 0 Å². The minimum atomic E-state index is -2.05. The fourth-order valence-corrected chi connectivity index (χ4v) is 2.84. The molecule has 1 amide bonds. The Morgan fingerprint density at radius 3 is 2.36 bits per heavy atom. The summed E-state index contributed by atoms with van der Waals surface area (Å²) < 4.78 is 53.6. The molecule has 0 unspecified atom stereocenters. The summed E-state index contributed by atoms with van der Waals surface area (Å²) in [6.07, 6.45) is 0. The van der Waals surface area contributed by atoms with Crippen molar-refractivity contribution in [2.24, 2.45) is 0 Å². The largest absolute Gasteiger partial charge is 0.304 e. The van der Waals surface area contributed by atoms with E-state index in [-0.39, 0.29) is 5.82 Å². The number of benzene rings is 3. The van der Waals surface area contributed by atoms with Gasteiger partial charge in [-0.15, -0.1) is 0 Å². The second kappa shape index (κ2) is 6.80. The molecule has 0 atom stereocenters. The highest BCUT2D eigenvalue weighted by atomic mass is 19.2.